The van der Waals surface area contributed by atoms with Gasteiger partial charge in [-0.25, -0.2) is 4.79 Å². The van der Waals surface area contributed by atoms with E-state index in [0.29, 0.717) is 0 Å². The summed E-state index contributed by atoms with van der Waals surface area (Å²) < 4.78 is 4.51. The van der Waals surface area contributed by atoms with E-state index >= 15 is 0 Å². The molecule has 0 saturated heterocycles. The Kier molecular flexibility index (Phi) is 7.08. The topological polar surface area (TPSA) is 84.5 Å². The van der Waals surface area contributed by atoms with Gasteiger partial charge in [0.2, 0.25) is 11.8 Å². The molecule has 0 spiro atoms. The molecule has 1 aromatic carbocycles. The van der Waals surface area contributed by atoms with Crippen LogP contribution in [0.1, 0.15) is 38.3 Å². The van der Waals surface area contributed by atoms with E-state index in [1.807, 2.05) is 37.3 Å². The van der Waals surface area contributed by atoms with Crippen molar-refractivity contribution in [2.45, 2.75) is 38.8 Å². The van der Waals surface area contributed by atoms with Gasteiger partial charge in [-0.1, -0.05) is 30.3 Å². The summed E-state index contributed by atoms with van der Waals surface area (Å²) in [6.07, 6.45) is 0.0889. The number of hydrogen-bond donors (Lipinski definition) is 2. The summed E-state index contributed by atoms with van der Waals surface area (Å²) in [5.41, 5.74) is 1.000. The van der Waals surface area contributed by atoms with Crippen LogP contribution in [-0.4, -0.2) is 30.9 Å². The summed E-state index contributed by atoms with van der Waals surface area (Å²) in [4.78, 5) is 34.6. The molecule has 0 aliphatic carbocycles. The molecule has 2 N–H and O–H groups in total. The summed E-state index contributed by atoms with van der Waals surface area (Å²) in [7, 11) is 1.25. The molecule has 0 fully saturated rings. The molecule has 0 unspecified atom stereocenters. The standard InChI is InChI=1S/C16H22N2O4/c1-11(13-7-5-4-6-8-13)17-14(19)9-10-15(20)18-12(2)16(21)22-3/h4-8,11-12H,9-10H2,1-3H3,(H,17,19)(H,18,20)/t11-,12-/m1/s1. The highest BCUT2D eigenvalue weighted by molar-refractivity contribution is 5.87. The Balaban J connectivity index is 2.34. The number of nitrogens with one attached hydrogen (secondary N) is 2. The third-order valence-corrected chi connectivity index (χ3v) is 3.19. The van der Waals surface area contributed by atoms with Gasteiger partial charge in [-0.2, -0.15) is 0 Å². The van der Waals surface area contributed by atoms with Crippen molar-refractivity contribution in [3.63, 3.8) is 0 Å². The highest BCUT2D eigenvalue weighted by atomic mass is 16.5. The number of carbonyl (C=O) groups is 3. The molecule has 2 amide bonds. The lowest BCUT2D eigenvalue weighted by Gasteiger charge is -2.15. The van der Waals surface area contributed by atoms with Gasteiger partial charge in [0.05, 0.1) is 13.2 Å². The van der Waals surface area contributed by atoms with Gasteiger partial charge in [-0.15, -0.1) is 0 Å². The largest absolute Gasteiger partial charge is 0.467 e. The lowest BCUT2D eigenvalue weighted by Crippen LogP contribution is -2.39. The van der Waals surface area contributed by atoms with Crippen LogP contribution in [0.15, 0.2) is 30.3 Å². The second kappa shape index (κ2) is 8.81. The Morgan fingerprint density at radius 2 is 1.55 bits per heavy atom. The molecule has 0 heterocycles. The maximum atomic E-state index is 11.8. The number of amides is 2. The van der Waals surface area contributed by atoms with E-state index in [-0.39, 0.29) is 30.7 Å². The molecule has 6 nitrogen and oxygen atoms in total. The number of esters is 1. The third kappa shape index (κ3) is 5.95. The molecule has 1 rings (SSSR count). The maximum absolute atomic E-state index is 11.8. The Morgan fingerprint density at radius 1 is 1.00 bits per heavy atom. The maximum Gasteiger partial charge on any atom is 0.328 e. The first-order valence-electron chi connectivity index (χ1n) is 7.15. The smallest absolute Gasteiger partial charge is 0.328 e. The van der Waals surface area contributed by atoms with Gasteiger partial charge >= 0.3 is 5.97 Å². The van der Waals surface area contributed by atoms with Crippen molar-refractivity contribution in [1.82, 2.24) is 10.6 Å². The zero-order valence-corrected chi connectivity index (χ0v) is 13.1. The number of ether oxygens (including phenoxy) is 1. The average molecular weight is 306 g/mol. The van der Waals surface area contributed by atoms with Gasteiger partial charge in [0.25, 0.3) is 0 Å². The van der Waals surface area contributed by atoms with E-state index in [1.54, 1.807) is 0 Å². The van der Waals surface area contributed by atoms with Gasteiger partial charge in [0, 0.05) is 12.8 Å². The van der Waals surface area contributed by atoms with Crippen LogP contribution in [0.4, 0.5) is 0 Å². The minimum absolute atomic E-state index is 0.0225. The number of hydrogen-bond acceptors (Lipinski definition) is 4. The Bertz CT molecular complexity index is 516. The van der Waals surface area contributed by atoms with Crippen LogP contribution in [0.2, 0.25) is 0 Å². The van der Waals surface area contributed by atoms with E-state index in [9.17, 15) is 14.4 Å². The normalized spacial score (nSPS) is 12.9. The van der Waals surface area contributed by atoms with Crippen molar-refractivity contribution in [2.75, 3.05) is 7.11 Å². The number of methoxy groups -OCH3 is 1. The van der Waals surface area contributed by atoms with Crippen molar-refractivity contribution in [1.29, 1.82) is 0 Å². The Morgan fingerprint density at radius 3 is 2.09 bits per heavy atom. The molecule has 6 heteroatoms. The number of rotatable bonds is 7. The minimum Gasteiger partial charge on any atom is -0.467 e. The summed E-state index contributed by atoms with van der Waals surface area (Å²) in [6.45, 7) is 3.41. The predicted octanol–water partition coefficient (Wildman–Crippen LogP) is 1.32. The summed E-state index contributed by atoms with van der Waals surface area (Å²) in [6, 6.07) is 8.73. The van der Waals surface area contributed by atoms with E-state index in [2.05, 4.69) is 15.4 Å². The first kappa shape index (κ1) is 17.7. The fraction of sp³-hybridized carbons (Fsp3) is 0.438. The average Bonchev–Trinajstić information content (AvgIpc) is 2.52. The zero-order chi connectivity index (χ0) is 16.5. The van der Waals surface area contributed by atoms with E-state index in [0.717, 1.165) is 5.56 Å². The highest BCUT2D eigenvalue weighted by Gasteiger charge is 2.17. The predicted molar refractivity (Wildman–Crippen MR) is 81.9 cm³/mol. The molecule has 0 saturated carbocycles. The quantitative estimate of drug-likeness (QED) is 0.744. The van der Waals surface area contributed by atoms with Crippen LogP contribution in [0.3, 0.4) is 0 Å². The summed E-state index contributed by atoms with van der Waals surface area (Å²) in [5, 5.41) is 5.31. The lowest BCUT2D eigenvalue weighted by molar-refractivity contribution is -0.144. The van der Waals surface area contributed by atoms with Crippen LogP contribution in [-0.2, 0) is 19.1 Å². The van der Waals surface area contributed by atoms with E-state index < -0.39 is 12.0 Å². The monoisotopic (exact) mass is 306 g/mol. The third-order valence-electron chi connectivity index (χ3n) is 3.19. The summed E-state index contributed by atoms with van der Waals surface area (Å²) >= 11 is 0. The molecule has 2 atom stereocenters. The minimum atomic E-state index is -0.719. The SMILES string of the molecule is COC(=O)[C@@H](C)NC(=O)CCC(=O)N[C@H](C)c1ccccc1. The second-order valence-electron chi connectivity index (χ2n) is 5.01. The van der Waals surface area contributed by atoms with Gasteiger partial charge in [0.1, 0.15) is 6.04 Å². The van der Waals surface area contributed by atoms with Gasteiger partial charge in [-0.3, -0.25) is 9.59 Å². The van der Waals surface area contributed by atoms with Crippen molar-refractivity contribution in [2.24, 2.45) is 0 Å². The highest BCUT2D eigenvalue weighted by Crippen LogP contribution is 2.11. The lowest BCUT2D eigenvalue weighted by atomic mass is 10.1. The van der Waals surface area contributed by atoms with Crippen molar-refractivity contribution in [3.05, 3.63) is 35.9 Å². The van der Waals surface area contributed by atoms with Crippen LogP contribution >= 0.6 is 0 Å². The Hall–Kier alpha value is -2.37. The number of carbonyl (C=O) groups excluding carboxylic acids is 3. The molecule has 0 aliphatic rings. The molecule has 0 aromatic heterocycles. The molecular formula is C16H22N2O4. The first-order valence-corrected chi connectivity index (χ1v) is 7.15. The van der Waals surface area contributed by atoms with Crippen LogP contribution < -0.4 is 10.6 Å². The first-order chi connectivity index (χ1) is 10.4. The van der Waals surface area contributed by atoms with E-state index in [4.69, 9.17) is 0 Å². The van der Waals surface area contributed by atoms with Crippen LogP contribution in [0, 0.1) is 0 Å². The van der Waals surface area contributed by atoms with Crippen LogP contribution in [0.5, 0.6) is 0 Å². The van der Waals surface area contributed by atoms with Gasteiger partial charge in [-0.05, 0) is 19.4 Å². The second-order valence-corrected chi connectivity index (χ2v) is 5.01. The molecule has 0 radical (unpaired) electrons. The molecule has 0 bridgehead atoms. The van der Waals surface area contributed by atoms with Crippen molar-refractivity contribution < 1.29 is 19.1 Å². The van der Waals surface area contributed by atoms with E-state index in [1.165, 1.54) is 14.0 Å². The fourth-order valence-corrected chi connectivity index (χ4v) is 1.92. The fourth-order valence-electron chi connectivity index (χ4n) is 1.92. The Labute approximate surface area is 130 Å². The van der Waals surface area contributed by atoms with Crippen molar-refractivity contribution in [3.8, 4) is 0 Å². The molecule has 120 valence electrons. The summed E-state index contributed by atoms with van der Waals surface area (Å²) in [5.74, 6) is -1.09. The zero-order valence-electron chi connectivity index (χ0n) is 13.1. The van der Waals surface area contributed by atoms with Gasteiger partial charge < -0.3 is 15.4 Å². The molecule has 22 heavy (non-hydrogen) atoms. The molecule has 0 aliphatic heterocycles. The van der Waals surface area contributed by atoms with Gasteiger partial charge in [0.15, 0.2) is 0 Å². The molecule has 1 aromatic rings. The number of benzene rings is 1. The molecular weight excluding hydrogens is 284 g/mol. The van der Waals surface area contributed by atoms with Crippen molar-refractivity contribution >= 4 is 17.8 Å². The van der Waals surface area contributed by atoms with Crippen LogP contribution in [0.25, 0.3) is 0 Å².